The molecule has 0 saturated carbocycles. The van der Waals surface area contributed by atoms with Gasteiger partial charge in [0.15, 0.2) is 0 Å². The summed E-state index contributed by atoms with van der Waals surface area (Å²) in [4.78, 5) is 0.00454. The molecule has 0 aromatic heterocycles. The fraction of sp³-hybridized carbons (Fsp3) is 0.455. The Hall–Kier alpha value is -1.35. The average molecular weight is 289 g/mol. The summed E-state index contributed by atoms with van der Waals surface area (Å²) in [5.41, 5.74) is 6.68. The number of methoxy groups -OCH3 is 2. The summed E-state index contributed by atoms with van der Waals surface area (Å²) in [6.45, 7) is 0.848. The summed E-state index contributed by atoms with van der Waals surface area (Å²) in [5, 5.41) is 8.08. The average Bonchev–Trinajstić information content (AvgIpc) is 2.34. The molecule has 19 heavy (non-hydrogen) atoms. The lowest BCUT2D eigenvalue weighted by molar-refractivity contribution is 0.0366. The highest BCUT2D eigenvalue weighted by Gasteiger charge is 2.12. The minimum absolute atomic E-state index is 0.00454. The minimum Gasteiger partial charge on any atom is -0.397 e. The Morgan fingerprint density at radius 2 is 2.05 bits per heavy atom. The number of sulfonamides is 1. The van der Waals surface area contributed by atoms with Gasteiger partial charge in [0.25, 0.3) is 0 Å². The zero-order valence-electron chi connectivity index (χ0n) is 10.9. The molecule has 0 heterocycles. The molecule has 0 aliphatic heterocycles. The van der Waals surface area contributed by atoms with Crippen molar-refractivity contribution in [3.8, 4) is 0 Å². The van der Waals surface area contributed by atoms with Gasteiger partial charge < -0.3 is 20.5 Å². The predicted molar refractivity (Wildman–Crippen MR) is 73.4 cm³/mol. The highest BCUT2D eigenvalue weighted by atomic mass is 32.2. The van der Waals surface area contributed by atoms with E-state index in [9.17, 15) is 8.42 Å². The van der Waals surface area contributed by atoms with Gasteiger partial charge in [0.2, 0.25) is 10.0 Å². The van der Waals surface area contributed by atoms with Crippen molar-refractivity contribution in [1.82, 2.24) is 0 Å². The molecule has 1 aromatic rings. The summed E-state index contributed by atoms with van der Waals surface area (Å²) in [6.07, 6.45) is -0.164. The highest BCUT2D eigenvalue weighted by Crippen LogP contribution is 2.22. The number of rotatable bonds is 7. The van der Waals surface area contributed by atoms with E-state index in [1.54, 1.807) is 14.2 Å². The Morgan fingerprint density at radius 1 is 1.37 bits per heavy atom. The number of hydrogen-bond acceptors (Lipinski definition) is 6. The number of anilines is 2. The molecule has 0 saturated heterocycles. The summed E-state index contributed by atoms with van der Waals surface area (Å²) in [5.74, 6) is 0. The quantitative estimate of drug-likeness (QED) is 0.608. The van der Waals surface area contributed by atoms with Crippen LogP contribution in [0.4, 0.5) is 11.4 Å². The fourth-order valence-corrected chi connectivity index (χ4v) is 2.03. The largest absolute Gasteiger partial charge is 0.397 e. The standard InChI is InChI=1S/C11H19N3O4S/c1-17-7-8(18-2)6-14-11-5-9(19(13,15)16)3-4-10(11)12/h3-5,8,14H,6-7,12H2,1-2H3,(H2,13,15,16). The second-order valence-electron chi connectivity index (χ2n) is 3.99. The van der Waals surface area contributed by atoms with Crippen LogP contribution in [0, 0.1) is 0 Å². The van der Waals surface area contributed by atoms with Crippen molar-refractivity contribution in [2.24, 2.45) is 5.14 Å². The monoisotopic (exact) mass is 289 g/mol. The summed E-state index contributed by atoms with van der Waals surface area (Å²) in [6, 6.07) is 4.24. The second kappa shape index (κ2) is 6.71. The van der Waals surface area contributed by atoms with Gasteiger partial charge in [-0.3, -0.25) is 0 Å². The fourth-order valence-electron chi connectivity index (χ4n) is 1.49. The van der Waals surface area contributed by atoms with E-state index < -0.39 is 10.0 Å². The minimum atomic E-state index is -3.75. The molecule has 1 unspecified atom stereocenters. The molecule has 0 aliphatic carbocycles. The molecule has 0 fully saturated rings. The van der Waals surface area contributed by atoms with E-state index in [2.05, 4.69) is 5.32 Å². The molecule has 108 valence electrons. The SMILES string of the molecule is COCC(CNc1cc(S(N)(=O)=O)ccc1N)OC. The van der Waals surface area contributed by atoms with E-state index in [0.717, 1.165) is 0 Å². The van der Waals surface area contributed by atoms with Crippen LogP contribution in [-0.4, -0.2) is 41.9 Å². The number of primary sulfonamides is 1. The van der Waals surface area contributed by atoms with Crippen molar-refractivity contribution in [2.75, 3.05) is 38.4 Å². The highest BCUT2D eigenvalue weighted by molar-refractivity contribution is 7.89. The molecule has 1 aromatic carbocycles. The Morgan fingerprint density at radius 3 is 2.58 bits per heavy atom. The third-order valence-electron chi connectivity index (χ3n) is 2.56. The van der Waals surface area contributed by atoms with Crippen molar-refractivity contribution in [3.63, 3.8) is 0 Å². The van der Waals surface area contributed by atoms with Crippen LogP contribution in [0.15, 0.2) is 23.1 Å². The molecule has 7 nitrogen and oxygen atoms in total. The smallest absolute Gasteiger partial charge is 0.238 e. The molecule has 0 aliphatic rings. The van der Waals surface area contributed by atoms with Gasteiger partial charge in [0.1, 0.15) is 0 Å². The lowest BCUT2D eigenvalue weighted by atomic mass is 10.2. The zero-order chi connectivity index (χ0) is 14.5. The molecule has 0 radical (unpaired) electrons. The van der Waals surface area contributed by atoms with Crippen LogP contribution in [0.1, 0.15) is 0 Å². The number of nitrogens with one attached hydrogen (secondary N) is 1. The molecular weight excluding hydrogens is 270 g/mol. The van der Waals surface area contributed by atoms with Crippen LogP contribution in [0.3, 0.4) is 0 Å². The molecule has 0 bridgehead atoms. The molecular formula is C11H19N3O4S. The van der Waals surface area contributed by atoms with Crippen molar-refractivity contribution in [2.45, 2.75) is 11.0 Å². The number of benzene rings is 1. The van der Waals surface area contributed by atoms with Crippen molar-refractivity contribution >= 4 is 21.4 Å². The van der Waals surface area contributed by atoms with Crippen LogP contribution in [-0.2, 0) is 19.5 Å². The molecule has 0 amide bonds. The van der Waals surface area contributed by atoms with Gasteiger partial charge >= 0.3 is 0 Å². The lowest BCUT2D eigenvalue weighted by Gasteiger charge is -2.17. The number of nitrogens with two attached hydrogens (primary N) is 2. The predicted octanol–water partition coefficient (Wildman–Crippen LogP) is -0.0105. The van der Waals surface area contributed by atoms with Crippen molar-refractivity contribution in [3.05, 3.63) is 18.2 Å². The first-order chi connectivity index (χ1) is 8.88. The van der Waals surface area contributed by atoms with Gasteiger partial charge in [-0.15, -0.1) is 0 Å². The van der Waals surface area contributed by atoms with Gasteiger partial charge in [-0.05, 0) is 18.2 Å². The molecule has 0 spiro atoms. The van der Waals surface area contributed by atoms with Crippen molar-refractivity contribution < 1.29 is 17.9 Å². The van der Waals surface area contributed by atoms with E-state index >= 15 is 0 Å². The first-order valence-electron chi connectivity index (χ1n) is 5.56. The van der Waals surface area contributed by atoms with Crippen LogP contribution in [0.25, 0.3) is 0 Å². The number of hydrogen-bond donors (Lipinski definition) is 3. The Kier molecular flexibility index (Phi) is 5.55. The summed E-state index contributed by atoms with van der Waals surface area (Å²) < 4.78 is 32.7. The van der Waals surface area contributed by atoms with Crippen LogP contribution < -0.4 is 16.2 Å². The van der Waals surface area contributed by atoms with Gasteiger partial charge in [0.05, 0.1) is 29.0 Å². The first-order valence-corrected chi connectivity index (χ1v) is 7.11. The Labute approximate surface area is 112 Å². The van der Waals surface area contributed by atoms with Crippen LogP contribution in [0.5, 0.6) is 0 Å². The van der Waals surface area contributed by atoms with E-state index in [1.165, 1.54) is 18.2 Å². The van der Waals surface area contributed by atoms with E-state index in [-0.39, 0.29) is 11.0 Å². The van der Waals surface area contributed by atoms with E-state index in [1.807, 2.05) is 0 Å². The lowest BCUT2D eigenvalue weighted by Crippen LogP contribution is -2.27. The maximum absolute atomic E-state index is 11.3. The maximum atomic E-state index is 11.3. The van der Waals surface area contributed by atoms with Crippen LogP contribution >= 0.6 is 0 Å². The first kappa shape index (κ1) is 15.7. The van der Waals surface area contributed by atoms with Gasteiger partial charge in [0, 0.05) is 20.8 Å². The number of ether oxygens (including phenoxy) is 2. The Bertz CT molecular complexity index is 519. The van der Waals surface area contributed by atoms with Gasteiger partial charge in [-0.2, -0.15) is 0 Å². The molecule has 1 atom stereocenters. The normalized spacial score (nSPS) is 13.2. The van der Waals surface area contributed by atoms with Gasteiger partial charge in [-0.25, -0.2) is 13.6 Å². The summed E-state index contributed by atoms with van der Waals surface area (Å²) >= 11 is 0. The molecule has 5 N–H and O–H groups in total. The second-order valence-corrected chi connectivity index (χ2v) is 5.55. The number of nitrogen functional groups attached to an aromatic ring is 1. The molecule has 1 rings (SSSR count). The maximum Gasteiger partial charge on any atom is 0.238 e. The topological polar surface area (TPSA) is 117 Å². The molecule has 8 heteroatoms. The Balaban J connectivity index is 2.83. The third-order valence-corrected chi connectivity index (χ3v) is 3.47. The van der Waals surface area contributed by atoms with Crippen LogP contribution in [0.2, 0.25) is 0 Å². The zero-order valence-corrected chi connectivity index (χ0v) is 11.7. The third kappa shape index (κ3) is 4.67. The summed E-state index contributed by atoms with van der Waals surface area (Å²) in [7, 11) is -0.612. The van der Waals surface area contributed by atoms with E-state index in [0.29, 0.717) is 24.5 Å². The van der Waals surface area contributed by atoms with E-state index in [4.69, 9.17) is 20.3 Å². The van der Waals surface area contributed by atoms with Crippen molar-refractivity contribution in [1.29, 1.82) is 0 Å². The van der Waals surface area contributed by atoms with Gasteiger partial charge in [-0.1, -0.05) is 0 Å².